The summed E-state index contributed by atoms with van der Waals surface area (Å²) >= 11 is 0. The SMILES string of the molecule is CC(C)Oc1ccc2[nH]nc(-c3ccnc(N4CCS(=O)CC4)c3)c2c1. The Morgan fingerprint density at radius 1 is 1.19 bits per heavy atom. The van der Waals surface area contributed by atoms with Crippen molar-refractivity contribution in [2.45, 2.75) is 20.0 Å². The smallest absolute Gasteiger partial charge is 0.129 e. The fourth-order valence-corrected chi connectivity index (χ4v) is 4.22. The van der Waals surface area contributed by atoms with Gasteiger partial charge in [0.15, 0.2) is 0 Å². The molecular formula is C19H22N4O2S. The summed E-state index contributed by atoms with van der Waals surface area (Å²) in [5.41, 5.74) is 2.87. The van der Waals surface area contributed by atoms with Crippen LogP contribution in [0.15, 0.2) is 36.5 Å². The molecule has 0 atom stereocenters. The first kappa shape index (κ1) is 17.0. The van der Waals surface area contributed by atoms with E-state index >= 15 is 0 Å². The monoisotopic (exact) mass is 370 g/mol. The highest BCUT2D eigenvalue weighted by Gasteiger charge is 2.18. The molecule has 1 aliphatic rings. The number of hydrogen-bond acceptors (Lipinski definition) is 5. The fraction of sp³-hybridized carbons (Fsp3) is 0.368. The zero-order valence-corrected chi connectivity index (χ0v) is 15.8. The summed E-state index contributed by atoms with van der Waals surface area (Å²) in [4.78, 5) is 6.69. The van der Waals surface area contributed by atoms with E-state index < -0.39 is 10.8 Å². The van der Waals surface area contributed by atoms with Gasteiger partial charge in [-0.15, -0.1) is 0 Å². The van der Waals surface area contributed by atoms with Crippen LogP contribution < -0.4 is 9.64 Å². The number of rotatable bonds is 4. The normalized spacial score (nSPS) is 15.7. The van der Waals surface area contributed by atoms with Gasteiger partial charge < -0.3 is 9.64 Å². The van der Waals surface area contributed by atoms with E-state index in [-0.39, 0.29) is 6.10 Å². The predicted molar refractivity (Wildman–Crippen MR) is 105 cm³/mol. The molecule has 3 aromatic rings. The van der Waals surface area contributed by atoms with E-state index in [4.69, 9.17) is 4.74 Å². The molecule has 136 valence electrons. The van der Waals surface area contributed by atoms with Gasteiger partial charge in [0.05, 0.1) is 11.6 Å². The summed E-state index contributed by atoms with van der Waals surface area (Å²) in [7, 11) is -0.697. The van der Waals surface area contributed by atoms with Crippen LogP contribution in [0.25, 0.3) is 22.2 Å². The molecular weight excluding hydrogens is 348 g/mol. The lowest BCUT2D eigenvalue weighted by Gasteiger charge is -2.27. The molecule has 0 spiro atoms. The van der Waals surface area contributed by atoms with Gasteiger partial charge in [0, 0.05) is 52.5 Å². The molecule has 1 fully saturated rings. The molecule has 0 radical (unpaired) electrons. The van der Waals surface area contributed by atoms with Crippen LogP contribution >= 0.6 is 0 Å². The molecule has 6 nitrogen and oxygen atoms in total. The van der Waals surface area contributed by atoms with E-state index in [9.17, 15) is 4.21 Å². The highest BCUT2D eigenvalue weighted by Crippen LogP contribution is 2.31. The molecule has 1 aromatic carbocycles. The van der Waals surface area contributed by atoms with Crippen molar-refractivity contribution in [1.29, 1.82) is 0 Å². The summed E-state index contributed by atoms with van der Waals surface area (Å²) in [6.07, 6.45) is 1.94. The first-order valence-corrected chi connectivity index (χ1v) is 10.3. The van der Waals surface area contributed by atoms with Crippen molar-refractivity contribution in [3.05, 3.63) is 36.5 Å². The van der Waals surface area contributed by atoms with Crippen LogP contribution in [0.5, 0.6) is 5.75 Å². The molecule has 1 N–H and O–H groups in total. The van der Waals surface area contributed by atoms with Gasteiger partial charge in [-0.25, -0.2) is 4.98 Å². The third-order valence-corrected chi connectivity index (χ3v) is 5.70. The minimum atomic E-state index is -0.697. The quantitative estimate of drug-likeness (QED) is 0.764. The summed E-state index contributed by atoms with van der Waals surface area (Å²) in [5, 5.41) is 8.63. The first-order valence-electron chi connectivity index (χ1n) is 8.81. The van der Waals surface area contributed by atoms with Crippen molar-refractivity contribution in [3.63, 3.8) is 0 Å². The Morgan fingerprint density at radius 3 is 2.77 bits per heavy atom. The molecule has 4 rings (SSSR count). The van der Waals surface area contributed by atoms with Crippen LogP contribution in [0.2, 0.25) is 0 Å². The molecule has 0 unspecified atom stereocenters. The predicted octanol–water partition coefficient (Wildman–Crippen LogP) is 2.98. The Hall–Kier alpha value is -2.41. The summed E-state index contributed by atoms with van der Waals surface area (Å²) < 4.78 is 17.4. The molecule has 0 saturated carbocycles. The third-order valence-electron chi connectivity index (χ3n) is 4.43. The Morgan fingerprint density at radius 2 is 2.00 bits per heavy atom. The molecule has 1 saturated heterocycles. The number of hydrogen-bond donors (Lipinski definition) is 1. The van der Waals surface area contributed by atoms with Crippen LogP contribution in [-0.4, -0.2) is 50.1 Å². The maximum Gasteiger partial charge on any atom is 0.129 e. The van der Waals surface area contributed by atoms with Crippen molar-refractivity contribution >= 4 is 27.5 Å². The molecule has 2 aromatic heterocycles. The number of aromatic nitrogens is 3. The Balaban J connectivity index is 1.69. The standard InChI is InChI=1S/C19H22N4O2S/c1-13(2)25-15-3-4-17-16(12-15)19(22-21-17)14-5-6-20-18(11-14)23-7-9-26(24)10-8-23/h3-6,11-13H,7-10H2,1-2H3,(H,21,22). The van der Waals surface area contributed by atoms with Crippen molar-refractivity contribution < 1.29 is 8.95 Å². The van der Waals surface area contributed by atoms with Gasteiger partial charge in [-0.05, 0) is 44.2 Å². The number of ether oxygens (including phenoxy) is 1. The number of aromatic amines is 1. The lowest BCUT2D eigenvalue weighted by Crippen LogP contribution is -2.38. The molecule has 1 aliphatic heterocycles. The minimum absolute atomic E-state index is 0.125. The van der Waals surface area contributed by atoms with Crippen LogP contribution in [0.3, 0.4) is 0 Å². The maximum atomic E-state index is 11.6. The first-order chi connectivity index (χ1) is 12.6. The number of benzene rings is 1. The Kier molecular flexibility index (Phi) is 4.63. The largest absolute Gasteiger partial charge is 0.491 e. The van der Waals surface area contributed by atoms with Crippen molar-refractivity contribution in [3.8, 4) is 17.0 Å². The zero-order valence-electron chi connectivity index (χ0n) is 14.9. The maximum absolute atomic E-state index is 11.6. The van der Waals surface area contributed by atoms with E-state index in [0.717, 1.165) is 46.8 Å². The highest BCUT2D eigenvalue weighted by atomic mass is 32.2. The van der Waals surface area contributed by atoms with Gasteiger partial charge >= 0.3 is 0 Å². The van der Waals surface area contributed by atoms with Gasteiger partial charge in [0.2, 0.25) is 0 Å². The summed E-state index contributed by atoms with van der Waals surface area (Å²) in [6, 6.07) is 10.00. The number of pyridine rings is 1. The van der Waals surface area contributed by atoms with E-state index in [0.29, 0.717) is 11.5 Å². The van der Waals surface area contributed by atoms with Crippen molar-refractivity contribution in [2.75, 3.05) is 29.5 Å². The molecule has 26 heavy (non-hydrogen) atoms. The number of anilines is 1. The van der Waals surface area contributed by atoms with E-state index in [1.54, 1.807) is 0 Å². The van der Waals surface area contributed by atoms with Gasteiger partial charge in [-0.2, -0.15) is 5.10 Å². The number of nitrogens with one attached hydrogen (secondary N) is 1. The van der Waals surface area contributed by atoms with E-state index in [1.165, 1.54) is 0 Å². The molecule has 7 heteroatoms. The fourth-order valence-electron chi connectivity index (χ4n) is 3.16. The second kappa shape index (κ2) is 7.07. The Bertz CT molecular complexity index is 944. The topological polar surface area (TPSA) is 71.1 Å². The van der Waals surface area contributed by atoms with Crippen LogP contribution in [0, 0.1) is 0 Å². The molecule has 0 bridgehead atoms. The number of H-pyrrole nitrogens is 1. The highest BCUT2D eigenvalue weighted by molar-refractivity contribution is 7.85. The third kappa shape index (κ3) is 3.44. The van der Waals surface area contributed by atoms with Crippen molar-refractivity contribution in [1.82, 2.24) is 15.2 Å². The van der Waals surface area contributed by atoms with Crippen LogP contribution in [0.1, 0.15) is 13.8 Å². The Labute approximate surface area is 155 Å². The van der Waals surface area contributed by atoms with Gasteiger partial charge in [0.1, 0.15) is 17.3 Å². The number of nitrogens with zero attached hydrogens (tertiary/aromatic N) is 3. The lowest BCUT2D eigenvalue weighted by atomic mass is 10.1. The van der Waals surface area contributed by atoms with Gasteiger partial charge in [-0.3, -0.25) is 9.31 Å². The molecule has 0 aliphatic carbocycles. The zero-order chi connectivity index (χ0) is 18.1. The molecule has 0 amide bonds. The van der Waals surface area contributed by atoms with Crippen molar-refractivity contribution in [2.24, 2.45) is 0 Å². The average molecular weight is 370 g/mol. The van der Waals surface area contributed by atoms with Crippen LogP contribution in [0.4, 0.5) is 5.82 Å². The summed E-state index contributed by atoms with van der Waals surface area (Å²) in [5.74, 6) is 3.15. The van der Waals surface area contributed by atoms with Crippen LogP contribution in [-0.2, 0) is 10.8 Å². The van der Waals surface area contributed by atoms with Gasteiger partial charge in [0.25, 0.3) is 0 Å². The molecule has 3 heterocycles. The second-order valence-corrected chi connectivity index (χ2v) is 8.38. The lowest BCUT2D eigenvalue weighted by molar-refractivity contribution is 0.243. The second-order valence-electron chi connectivity index (χ2n) is 6.68. The number of fused-ring (bicyclic) bond motifs is 1. The van der Waals surface area contributed by atoms with E-state index in [1.807, 2.05) is 44.3 Å². The summed E-state index contributed by atoms with van der Waals surface area (Å²) in [6.45, 7) is 5.58. The average Bonchev–Trinajstić information content (AvgIpc) is 3.05. The minimum Gasteiger partial charge on any atom is -0.491 e. The van der Waals surface area contributed by atoms with Gasteiger partial charge in [-0.1, -0.05) is 0 Å². The van der Waals surface area contributed by atoms with E-state index in [2.05, 4.69) is 26.1 Å².